The number of alkyl halides is 2. The Morgan fingerprint density at radius 3 is 2.76 bits per heavy atom. The van der Waals surface area contributed by atoms with E-state index in [0.29, 0.717) is 0 Å². The lowest BCUT2D eigenvalue weighted by atomic mass is 10.1. The fourth-order valence-corrected chi connectivity index (χ4v) is 1.23. The van der Waals surface area contributed by atoms with Crippen LogP contribution in [-0.4, -0.2) is 17.0 Å². The lowest BCUT2D eigenvalue weighted by molar-refractivity contribution is -0.390. The number of halogens is 2. The molecular formula is C9H7F2N3O3. The summed E-state index contributed by atoms with van der Waals surface area (Å²) in [5.74, 6) is -1.03. The number of nitro groups is 1. The van der Waals surface area contributed by atoms with E-state index in [-0.39, 0.29) is 17.7 Å². The average Bonchev–Trinajstić information content (AvgIpc) is 2.28. The smallest absolute Gasteiger partial charge is 0.406 e. The zero-order chi connectivity index (χ0) is 13.0. The highest BCUT2D eigenvalue weighted by Crippen LogP contribution is 2.31. The molecule has 0 N–H and O–H groups in total. The minimum atomic E-state index is -2.98. The molecule has 0 aliphatic heterocycles. The number of methoxy groups -OCH3 is 1. The van der Waals surface area contributed by atoms with Crippen LogP contribution in [0.2, 0.25) is 0 Å². The molecule has 1 rings (SSSR count). The SMILES string of the molecule is COc1cc(CC#N)c(C(F)F)nc1[N+](=O)[O-]. The zero-order valence-electron chi connectivity index (χ0n) is 8.68. The van der Waals surface area contributed by atoms with Crippen LogP contribution in [-0.2, 0) is 6.42 Å². The highest BCUT2D eigenvalue weighted by atomic mass is 19.3. The van der Waals surface area contributed by atoms with E-state index in [1.165, 1.54) is 0 Å². The van der Waals surface area contributed by atoms with Crippen molar-refractivity contribution in [2.45, 2.75) is 12.8 Å². The number of nitriles is 1. The highest BCUT2D eigenvalue weighted by Gasteiger charge is 2.27. The van der Waals surface area contributed by atoms with Crippen molar-refractivity contribution >= 4 is 5.82 Å². The van der Waals surface area contributed by atoms with Gasteiger partial charge in [-0.05, 0) is 16.0 Å². The second-order valence-corrected chi connectivity index (χ2v) is 2.95. The molecule has 1 aromatic heterocycles. The van der Waals surface area contributed by atoms with E-state index in [2.05, 4.69) is 9.72 Å². The quantitative estimate of drug-likeness (QED) is 0.596. The van der Waals surface area contributed by atoms with Gasteiger partial charge in [-0.3, -0.25) is 0 Å². The van der Waals surface area contributed by atoms with Gasteiger partial charge in [-0.15, -0.1) is 0 Å². The fourth-order valence-electron chi connectivity index (χ4n) is 1.23. The Hall–Kier alpha value is -2.30. The molecule has 0 aliphatic rings. The molecule has 0 radical (unpaired) electrons. The normalized spacial score (nSPS) is 10.1. The molecule has 0 saturated carbocycles. The number of rotatable bonds is 4. The Kier molecular flexibility index (Phi) is 3.87. The molecule has 0 aromatic carbocycles. The number of ether oxygens (including phenoxy) is 1. The summed E-state index contributed by atoms with van der Waals surface area (Å²) in [4.78, 5) is 12.9. The van der Waals surface area contributed by atoms with Crippen LogP contribution in [0.15, 0.2) is 6.07 Å². The Bertz CT molecular complexity index is 485. The molecule has 6 nitrogen and oxygen atoms in total. The maximum atomic E-state index is 12.6. The van der Waals surface area contributed by atoms with Crippen molar-refractivity contribution < 1.29 is 18.4 Å². The minimum Gasteiger partial charge on any atom is -0.489 e. The summed E-state index contributed by atoms with van der Waals surface area (Å²) in [5, 5.41) is 19.0. The molecule has 0 bridgehead atoms. The van der Waals surface area contributed by atoms with Crippen LogP contribution in [0.3, 0.4) is 0 Å². The van der Waals surface area contributed by atoms with Crippen LogP contribution in [0.1, 0.15) is 17.7 Å². The first-order valence-electron chi connectivity index (χ1n) is 4.38. The fraction of sp³-hybridized carbons (Fsp3) is 0.333. The van der Waals surface area contributed by atoms with Crippen molar-refractivity contribution in [1.82, 2.24) is 4.98 Å². The predicted molar refractivity (Wildman–Crippen MR) is 51.7 cm³/mol. The van der Waals surface area contributed by atoms with E-state index in [0.717, 1.165) is 13.2 Å². The molecule has 0 spiro atoms. The molecular weight excluding hydrogens is 236 g/mol. The molecule has 0 atom stereocenters. The second-order valence-electron chi connectivity index (χ2n) is 2.95. The second kappa shape index (κ2) is 5.16. The summed E-state index contributed by atoms with van der Waals surface area (Å²) >= 11 is 0. The molecule has 8 heteroatoms. The number of pyridine rings is 1. The van der Waals surface area contributed by atoms with Gasteiger partial charge in [0.2, 0.25) is 11.4 Å². The summed E-state index contributed by atoms with van der Waals surface area (Å²) < 4.78 is 29.9. The van der Waals surface area contributed by atoms with E-state index in [1.807, 2.05) is 0 Å². The largest absolute Gasteiger partial charge is 0.489 e. The Morgan fingerprint density at radius 2 is 2.35 bits per heavy atom. The van der Waals surface area contributed by atoms with Gasteiger partial charge in [0.25, 0.3) is 0 Å². The van der Waals surface area contributed by atoms with Crippen LogP contribution in [0, 0.1) is 21.4 Å². The predicted octanol–water partition coefficient (Wildman–Crippen LogP) is 2.00. The standard InChI is InChI=1S/C9H7F2N3O3/c1-17-6-4-5(2-3-12)7(8(10)11)13-9(6)14(15)16/h4,8H,2H2,1H3. The van der Waals surface area contributed by atoms with Gasteiger partial charge in [0.15, 0.2) is 0 Å². The van der Waals surface area contributed by atoms with Gasteiger partial charge in [0.1, 0.15) is 0 Å². The first kappa shape index (κ1) is 12.8. The molecule has 0 aliphatic carbocycles. The number of hydrogen-bond donors (Lipinski definition) is 0. The molecule has 1 heterocycles. The molecule has 90 valence electrons. The summed E-state index contributed by atoms with van der Waals surface area (Å²) in [6, 6.07) is 2.72. The van der Waals surface area contributed by atoms with Gasteiger partial charge in [0, 0.05) is 5.56 Å². The van der Waals surface area contributed by atoms with Crippen molar-refractivity contribution in [2.24, 2.45) is 0 Å². The van der Waals surface area contributed by atoms with Crippen molar-refractivity contribution in [1.29, 1.82) is 5.26 Å². The maximum absolute atomic E-state index is 12.6. The topological polar surface area (TPSA) is 89.0 Å². The van der Waals surface area contributed by atoms with Crippen molar-refractivity contribution in [2.75, 3.05) is 7.11 Å². The van der Waals surface area contributed by atoms with Gasteiger partial charge < -0.3 is 14.9 Å². The summed E-state index contributed by atoms with van der Waals surface area (Å²) in [6.45, 7) is 0. The van der Waals surface area contributed by atoms with Crippen molar-refractivity contribution in [3.8, 4) is 11.8 Å². The molecule has 0 unspecified atom stereocenters. The van der Waals surface area contributed by atoms with Gasteiger partial charge in [-0.1, -0.05) is 0 Å². The molecule has 0 fully saturated rings. The van der Waals surface area contributed by atoms with E-state index in [1.54, 1.807) is 6.07 Å². The summed E-state index contributed by atoms with van der Waals surface area (Å²) in [7, 11) is 1.15. The third kappa shape index (κ3) is 2.63. The van der Waals surface area contributed by atoms with E-state index in [4.69, 9.17) is 5.26 Å². The third-order valence-corrected chi connectivity index (χ3v) is 1.95. The van der Waals surface area contributed by atoms with Crippen molar-refractivity contribution in [3.63, 3.8) is 0 Å². The Balaban J connectivity index is 3.43. The van der Waals surface area contributed by atoms with Crippen LogP contribution in [0.25, 0.3) is 0 Å². The molecule has 1 aromatic rings. The molecule has 0 amide bonds. The molecule has 17 heavy (non-hydrogen) atoms. The van der Waals surface area contributed by atoms with Crippen molar-refractivity contribution in [3.05, 3.63) is 27.4 Å². The number of aromatic nitrogens is 1. The lowest BCUT2D eigenvalue weighted by Gasteiger charge is -2.05. The van der Waals surface area contributed by atoms with Gasteiger partial charge >= 0.3 is 12.2 Å². The summed E-state index contributed by atoms with van der Waals surface area (Å²) in [6.07, 6.45) is -3.30. The number of nitrogens with zero attached hydrogens (tertiary/aromatic N) is 3. The highest BCUT2D eigenvalue weighted by molar-refractivity contribution is 5.45. The van der Waals surface area contributed by atoms with E-state index >= 15 is 0 Å². The molecule has 0 saturated heterocycles. The van der Waals surface area contributed by atoms with E-state index < -0.39 is 22.9 Å². The van der Waals surface area contributed by atoms with Gasteiger partial charge in [-0.25, -0.2) is 8.78 Å². The van der Waals surface area contributed by atoms with Crippen LogP contribution >= 0.6 is 0 Å². The number of hydrogen-bond acceptors (Lipinski definition) is 5. The maximum Gasteiger partial charge on any atom is 0.406 e. The first-order chi connectivity index (χ1) is 8.01. The zero-order valence-corrected chi connectivity index (χ0v) is 8.68. The van der Waals surface area contributed by atoms with Gasteiger partial charge in [0.05, 0.1) is 19.6 Å². The average molecular weight is 243 g/mol. The first-order valence-corrected chi connectivity index (χ1v) is 4.38. The van der Waals surface area contributed by atoms with E-state index in [9.17, 15) is 18.9 Å². The Labute approximate surface area is 94.6 Å². The van der Waals surface area contributed by atoms with Gasteiger partial charge in [-0.2, -0.15) is 5.26 Å². The monoisotopic (exact) mass is 243 g/mol. The van der Waals surface area contributed by atoms with Crippen LogP contribution in [0.5, 0.6) is 5.75 Å². The lowest BCUT2D eigenvalue weighted by Crippen LogP contribution is -2.04. The van der Waals surface area contributed by atoms with Crippen LogP contribution in [0.4, 0.5) is 14.6 Å². The third-order valence-electron chi connectivity index (χ3n) is 1.95. The summed E-state index contributed by atoms with van der Waals surface area (Å²) in [5.41, 5.74) is -0.844. The van der Waals surface area contributed by atoms with Crippen LogP contribution < -0.4 is 4.74 Å². The Morgan fingerprint density at radius 1 is 1.71 bits per heavy atom. The minimum absolute atomic E-state index is 0.0787.